The Labute approximate surface area is 145 Å². The summed E-state index contributed by atoms with van der Waals surface area (Å²) >= 11 is 0. The van der Waals surface area contributed by atoms with Gasteiger partial charge in [-0.2, -0.15) is 0 Å². The summed E-state index contributed by atoms with van der Waals surface area (Å²) in [6, 6.07) is 17.3. The molecule has 2 aromatic heterocycles. The van der Waals surface area contributed by atoms with Crippen LogP contribution < -0.4 is 4.74 Å². The molecule has 0 amide bonds. The van der Waals surface area contributed by atoms with Crippen molar-refractivity contribution in [3.8, 4) is 33.8 Å². The third kappa shape index (κ3) is 2.83. The van der Waals surface area contributed by atoms with Crippen molar-refractivity contribution in [2.24, 2.45) is 0 Å². The van der Waals surface area contributed by atoms with E-state index < -0.39 is 0 Å². The molecule has 0 saturated carbocycles. The van der Waals surface area contributed by atoms with Gasteiger partial charge in [0.05, 0.1) is 6.61 Å². The number of aromatic amines is 1. The fourth-order valence-electron chi connectivity index (χ4n) is 3.04. The summed E-state index contributed by atoms with van der Waals surface area (Å²) in [5, 5.41) is 10.8. The van der Waals surface area contributed by atoms with Gasteiger partial charge in [0, 0.05) is 34.5 Å². The first-order valence-electron chi connectivity index (χ1n) is 8.25. The quantitative estimate of drug-likeness (QED) is 0.553. The predicted octanol–water partition coefficient (Wildman–Crippen LogP) is 5.00. The lowest BCUT2D eigenvalue weighted by atomic mass is 10.0. The zero-order valence-electron chi connectivity index (χ0n) is 13.9. The fourth-order valence-corrected chi connectivity index (χ4v) is 3.04. The molecule has 0 unspecified atom stereocenters. The second kappa shape index (κ2) is 6.32. The third-order valence-corrected chi connectivity index (χ3v) is 4.19. The highest BCUT2D eigenvalue weighted by Gasteiger charge is 2.13. The Bertz CT molecular complexity index is 1040. The lowest BCUT2D eigenvalue weighted by Gasteiger charge is -2.09. The van der Waals surface area contributed by atoms with Crippen LogP contribution in [0.5, 0.6) is 11.5 Å². The van der Waals surface area contributed by atoms with Crippen molar-refractivity contribution in [2.45, 2.75) is 6.92 Å². The molecule has 4 rings (SSSR count). The van der Waals surface area contributed by atoms with Crippen molar-refractivity contribution in [3.63, 3.8) is 0 Å². The molecule has 4 nitrogen and oxygen atoms in total. The van der Waals surface area contributed by atoms with Crippen LogP contribution >= 0.6 is 0 Å². The normalized spacial score (nSPS) is 10.9. The first-order valence-corrected chi connectivity index (χ1v) is 8.25. The molecule has 0 saturated heterocycles. The van der Waals surface area contributed by atoms with E-state index in [1.165, 1.54) is 0 Å². The van der Waals surface area contributed by atoms with Crippen molar-refractivity contribution in [3.05, 3.63) is 67.0 Å². The number of H-pyrrole nitrogens is 1. The molecule has 0 atom stereocenters. The average Bonchev–Trinajstić information content (AvgIpc) is 3.05. The first kappa shape index (κ1) is 15.3. The Morgan fingerprint density at radius 2 is 1.88 bits per heavy atom. The van der Waals surface area contributed by atoms with Gasteiger partial charge in [-0.15, -0.1) is 0 Å². The van der Waals surface area contributed by atoms with Gasteiger partial charge in [-0.3, -0.25) is 0 Å². The van der Waals surface area contributed by atoms with Crippen LogP contribution in [-0.4, -0.2) is 21.7 Å². The maximum Gasteiger partial charge on any atom is 0.137 e. The molecule has 0 aliphatic carbocycles. The number of nitrogens with zero attached hydrogens (tertiary/aromatic N) is 1. The van der Waals surface area contributed by atoms with Gasteiger partial charge in [-0.05, 0) is 36.8 Å². The van der Waals surface area contributed by atoms with Crippen molar-refractivity contribution in [1.82, 2.24) is 9.97 Å². The molecule has 0 aliphatic heterocycles. The van der Waals surface area contributed by atoms with E-state index in [0.717, 1.165) is 39.0 Å². The van der Waals surface area contributed by atoms with Gasteiger partial charge in [-0.25, -0.2) is 4.98 Å². The van der Waals surface area contributed by atoms with Crippen LogP contribution in [0.1, 0.15) is 6.92 Å². The summed E-state index contributed by atoms with van der Waals surface area (Å²) in [4.78, 5) is 7.76. The molecule has 2 N–H and O–H groups in total. The number of aromatic hydroxyl groups is 1. The Kier molecular flexibility index (Phi) is 3.86. The van der Waals surface area contributed by atoms with Gasteiger partial charge in [0.2, 0.25) is 0 Å². The van der Waals surface area contributed by atoms with Gasteiger partial charge >= 0.3 is 0 Å². The molecule has 2 heterocycles. The number of para-hydroxylation sites is 1. The largest absolute Gasteiger partial charge is 0.508 e. The monoisotopic (exact) mass is 330 g/mol. The molecule has 2 aromatic carbocycles. The molecule has 25 heavy (non-hydrogen) atoms. The maximum atomic E-state index is 9.73. The molecule has 4 aromatic rings. The standard InChI is InChI=1S/C21H18N2O2/c1-2-25-20-9-4-3-8-17(20)19-13-23-21-18(19)11-15(12-22-21)14-6-5-7-16(24)10-14/h3-13,24H,2H2,1H3,(H,22,23). The van der Waals surface area contributed by atoms with Gasteiger partial charge in [0.15, 0.2) is 0 Å². The highest BCUT2D eigenvalue weighted by molar-refractivity contribution is 5.97. The summed E-state index contributed by atoms with van der Waals surface area (Å²) in [7, 11) is 0. The van der Waals surface area contributed by atoms with Gasteiger partial charge in [-0.1, -0.05) is 30.3 Å². The van der Waals surface area contributed by atoms with E-state index in [1.54, 1.807) is 12.1 Å². The van der Waals surface area contributed by atoms with E-state index in [4.69, 9.17) is 4.74 Å². The molecule has 4 heteroatoms. The van der Waals surface area contributed by atoms with Crippen molar-refractivity contribution in [2.75, 3.05) is 6.61 Å². The molecule has 0 aliphatic rings. The highest BCUT2D eigenvalue weighted by Crippen LogP contribution is 2.36. The Balaban J connectivity index is 1.88. The zero-order valence-corrected chi connectivity index (χ0v) is 13.9. The third-order valence-electron chi connectivity index (χ3n) is 4.19. The molecular weight excluding hydrogens is 312 g/mol. The summed E-state index contributed by atoms with van der Waals surface area (Å²) < 4.78 is 5.77. The van der Waals surface area contributed by atoms with E-state index >= 15 is 0 Å². The summed E-state index contributed by atoms with van der Waals surface area (Å²) in [6.45, 7) is 2.60. The van der Waals surface area contributed by atoms with Crippen LogP contribution in [0.3, 0.4) is 0 Å². The van der Waals surface area contributed by atoms with Crippen molar-refractivity contribution in [1.29, 1.82) is 0 Å². The average molecular weight is 330 g/mol. The SMILES string of the molecule is CCOc1ccccc1-c1c[nH]c2ncc(-c3cccc(O)c3)cc12. The number of phenolic OH excluding ortho intramolecular Hbond substituents is 1. The molecule has 0 fully saturated rings. The number of hydrogen-bond acceptors (Lipinski definition) is 3. The Morgan fingerprint density at radius 1 is 1.00 bits per heavy atom. The fraction of sp³-hybridized carbons (Fsp3) is 0.0952. The Hall–Kier alpha value is -3.27. The summed E-state index contributed by atoms with van der Waals surface area (Å²) in [5.74, 6) is 1.10. The summed E-state index contributed by atoms with van der Waals surface area (Å²) in [6.07, 6.45) is 3.77. The highest BCUT2D eigenvalue weighted by atomic mass is 16.5. The number of hydrogen-bond donors (Lipinski definition) is 2. The molecule has 0 spiro atoms. The van der Waals surface area contributed by atoms with E-state index in [9.17, 15) is 5.11 Å². The number of rotatable bonds is 4. The van der Waals surface area contributed by atoms with Crippen LogP contribution in [0.2, 0.25) is 0 Å². The molecule has 124 valence electrons. The molecule has 0 bridgehead atoms. The Morgan fingerprint density at radius 3 is 2.72 bits per heavy atom. The second-order valence-corrected chi connectivity index (χ2v) is 5.80. The van der Waals surface area contributed by atoms with E-state index in [2.05, 4.69) is 22.1 Å². The van der Waals surface area contributed by atoms with Gasteiger partial charge in [0.25, 0.3) is 0 Å². The number of fused-ring (bicyclic) bond motifs is 1. The number of aromatic nitrogens is 2. The minimum atomic E-state index is 0.244. The van der Waals surface area contributed by atoms with Gasteiger partial charge in [0.1, 0.15) is 17.1 Å². The minimum Gasteiger partial charge on any atom is -0.508 e. The first-order chi connectivity index (χ1) is 12.3. The van der Waals surface area contributed by atoms with Crippen LogP contribution in [0.15, 0.2) is 67.0 Å². The van der Waals surface area contributed by atoms with E-state index in [0.29, 0.717) is 6.61 Å². The van der Waals surface area contributed by atoms with Crippen molar-refractivity contribution >= 4 is 11.0 Å². The predicted molar refractivity (Wildman–Crippen MR) is 99.8 cm³/mol. The van der Waals surface area contributed by atoms with Crippen LogP contribution in [0.25, 0.3) is 33.3 Å². The number of benzene rings is 2. The van der Waals surface area contributed by atoms with Crippen LogP contribution in [-0.2, 0) is 0 Å². The van der Waals surface area contributed by atoms with Gasteiger partial charge < -0.3 is 14.8 Å². The number of phenols is 1. The molecular formula is C21H18N2O2. The molecule has 0 radical (unpaired) electrons. The topological polar surface area (TPSA) is 58.1 Å². The maximum absolute atomic E-state index is 9.73. The number of ether oxygens (including phenoxy) is 1. The van der Waals surface area contributed by atoms with E-state index in [-0.39, 0.29) is 5.75 Å². The summed E-state index contributed by atoms with van der Waals surface area (Å²) in [5.41, 5.74) is 4.79. The smallest absolute Gasteiger partial charge is 0.137 e. The lowest BCUT2D eigenvalue weighted by Crippen LogP contribution is -1.93. The minimum absolute atomic E-state index is 0.244. The van der Waals surface area contributed by atoms with Crippen LogP contribution in [0, 0.1) is 0 Å². The van der Waals surface area contributed by atoms with Crippen molar-refractivity contribution < 1.29 is 9.84 Å². The number of pyridine rings is 1. The lowest BCUT2D eigenvalue weighted by molar-refractivity contribution is 0.341. The van der Waals surface area contributed by atoms with E-state index in [1.807, 2.05) is 49.6 Å². The van der Waals surface area contributed by atoms with Crippen LogP contribution in [0.4, 0.5) is 0 Å². The number of nitrogens with one attached hydrogen (secondary N) is 1. The second-order valence-electron chi connectivity index (χ2n) is 5.80. The zero-order chi connectivity index (χ0) is 17.2.